The van der Waals surface area contributed by atoms with Crippen molar-refractivity contribution in [3.63, 3.8) is 0 Å². The molecule has 1 aliphatic carbocycles. The summed E-state index contributed by atoms with van der Waals surface area (Å²) >= 11 is 0. The van der Waals surface area contributed by atoms with Crippen LogP contribution in [-0.2, 0) is 6.54 Å². The van der Waals surface area contributed by atoms with Crippen LogP contribution in [0.4, 0.5) is 5.82 Å². The van der Waals surface area contributed by atoms with Crippen LogP contribution < -0.4 is 5.32 Å². The van der Waals surface area contributed by atoms with Crippen LogP contribution in [0.15, 0.2) is 64.9 Å². The molecule has 2 aromatic heterocycles. The fraction of sp³-hybridized carbons (Fsp3) is 0.360. The van der Waals surface area contributed by atoms with E-state index in [1.165, 1.54) is 16.7 Å². The zero-order valence-electron chi connectivity index (χ0n) is 18.1. The van der Waals surface area contributed by atoms with Crippen molar-refractivity contribution in [3.05, 3.63) is 71.8 Å². The van der Waals surface area contributed by atoms with E-state index < -0.39 is 0 Å². The topological polar surface area (TPSA) is 57.4 Å². The average Bonchev–Trinajstić information content (AvgIpc) is 3.25. The van der Waals surface area contributed by atoms with Crippen molar-refractivity contribution < 1.29 is 4.42 Å². The van der Waals surface area contributed by atoms with Gasteiger partial charge in [0, 0.05) is 45.3 Å². The second-order valence-electron chi connectivity index (χ2n) is 8.48. The number of benzene rings is 1. The highest BCUT2D eigenvalue weighted by atomic mass is 16.3. The number of hydrogen-bond donors (Lipinski definition) is 1. The highest BCUT2D eigenvalue weighted by Gasteiger charge is 2.18. The summed E-state index contributed by atoms with van der Waals surface area (Å²) in [7, 11) is 2.20. The van der Waals surface area contributed by atoms with Crippen molar-refractivity contribution in [2.45, 2.75) is 19.4 Å². The van der Waals surface area contributed by atoms with Gasteiger partial charge in [-0.15, -0.1) is 0 Å². The van der Waals surface area contributed by atoms with Crippen molar-refractivity contribution in [2.75, 3.05) is 45.1 Å². The number of nitrogens with one attached hydrogen (secondary N) is 1. The maximum Gasteiger partial charge on any atom is 0.195 e. The van der Waals surface area contributed by atoms with Crippen molar-refractivity contribution >= 4 is 22.5 Å². The van der Waals surface area contributed by atoms with Gasteiger partial charge in [0.15, 0.2) is 11.4 Å². The number of allylic oxidation sites excluding steroid dienone is 3. The molecular formula is C25H29N5O. The Hall–Kier alpha value is -2.96. The Labute approximate surface area is 183 Å². The highest BCUT2D eigenvalue weighted by molar-refractivity contribution is 5.86. The number of aromatic nitrogens is 2. The Morgan fingerprint density at radius 1 is 1.00 bits per heavy atom. The molecule has 0 spiro atoms. The van der Waals surface area contributed by atoms with E-state index in [0.29, 0.717) is 6.54 Å². The molecule has 0 radical (unpaired) electrons. The van der Waals surface area contributed by atoms with Gasteiger partial charge in [-0.3, -0.25) is 4.90 Å². The monoisotopic (exact) mass is 415 g/mol. The Kier molecular flexibility index (Phi) is 5.82. The predicted octanol–water partition coefficient (Wildman–Crippen LogP) is 4.19. The Morgan fingerprint density at radius 2 is 1.84 bits per heavy atom. The van der Waals surface area contributed by atoms with Crippen LogP contribution in [0, 0.1) is 0 Å². The van der Waals surface area contributed by atoms with Crippen molar-refractivity contribution in [1.82, 2.24) is 19.8 Å². The van der Waals surface area contributed by atoms with Gasteiger partial charge in [0.2, 0.25) is 0 Å². The fourth-order valence-corrected chi connectivity index (χ4v) is 4.23. The molecule has 2 aliphatic rings. The third kappa shape index (κ3) is 4.70. The van der Waals surface area contributed by atoms with Gasteiger partial charge >= 0.3 is 0 Å². The molecule has 0 bridgehead atoms. The molecule has 0 atom stereocenters. The zero-order valence-corrected chi connectivity index (χ0v) is 18.1. The maximum absolute atomic E-state index is 6.22. The predicted molar refractivity (Wildman–Crippen MR) is 125 cm³/mol. The molecule has 0 unspecified atom stereocenters. The molecule has 1 saturated heterocycles. The SMILES string of the molecule is CN1CCN(CC2=CC=C(c3cc4ncnc(NCc5ccccc5)c4o3)CC2)CC1. The number of fused-ring (bicyclic) bond motifs is 1. The minimum atomic E-state index is 0.698. The smallest absolute Gasteiger partial charge is 0.195 e. The van der Waals surface area contributed by atoms with E-state index in [-0.39, 0.29) is 0 Å². The summed E-state index contributed by atoms with van der Waals surface area (Å²) in [6, 6.07) is 12.3. The Morgan fingerprint density at radius 3 is 2.61 bits per heavy atom. The minimum Gasteiger partial charge on any atom is -0.451 e. The first kappa shape index (κ1) is 20.0. The summed E-state index contributed by atoms with van der Waals surface area (Å²) in [5, 5.41) is 3.39. The van der Waals surface area contributed by atoms with E-state index >= 15 is 0 Å². The standard InChI is InChI=1S/C25H29N5O/c1-29-11-13-30(14-12-29)17-20-7-9-21(10-8-20)23-15-22-24(31-23)25(28-18-27-22)26-16-19-5-3-2-4-6-19/h2-7,9,15,18H,8,10-14,16-17H2,1H3,(H,26,27,28). The summed E-state index contributed by atoms with van der Waals surface area (Å²) in [5.41, 5.74) is 5.51. The lowest BCUT2D eigenvalue weighted by Crippen LogP contribution is -2.45. The number of nitrogens with zero attached hydrogens (tertiary/aromatic N) is 4. The normalized spacial score (nSPS) is 18.1. The largest absolute Gasteiger partial charge is 0.451 e. The van der Waals surface area contributed by atoms with Gasteiger partial charge < -0.3 is 14.6 Å². The fourth-order valence-electron chi connectivity index (χ4n) is 4.23. The molecule has 1 aromatic carbocycles. The molecule has 31 heavy (non-hydrogen) atoms. The van der Waals surface area contributed by atoms with Gasteiger partial charge in [-0.1, -0.05) is 48.1 Å². The highest BCUT2D eigenvalue weighted by Crippen LogP contribution is 2.32. The van der Waals surface area contributed by atoms with E-state index in [1.54, 1.807) is 6.33 Å². The van der Waals surface area contributed by atoms with E-state index in [1.807, 2.05) is 24.3 Å². The third-order valence-electron chi connectivity index (χ3n) is 6.19. The second kappa shape index (κ2) is 9.04. The van der Waals surface area contributed by atoms with Gasteiger partial charge in [0.05, 0.1) is 0 Å². The van der Waals surface area contributed by atoms with Crippen LogP contribution in [0.3, 0.4) is 0 Å². The summed E-state index contributed by atoms with van der Waals surface area (Å²) in [5.74, 6) is 1.64. The first-order valence-electron chi connectivity index (χ1n) is 11.1. The van der Waals surface area contributed by atoms with E-state index in [0.717, 1.165) is 68.2 Å². The second-order valence-corrected chi connectivity index (χ2v) is 8.48. The zero-order chi connectivity index (χ0) is 21.0. The number of rotatable bonds is 6. The van der Waals surface area contributed by atoms with Crippen LogP contribution in [-0.4, -0.2) is 59.5 Å². The molecule has 0 amide bonds. The average molecular weight is 416 g/mol. The molecule has 0 saturated carbocycles. The lowest BCUT2D eigenvalue weighted by Gasteiger charge is -2.33. The van der Waals surface area contributed by atoms with Crippen LogP contribution in [0.1, 0.15) is 24.2 Å². The van der Waals surface area contributed by atoms with Gasteiger partial charge in [0.1, 0.15) is 17.6 Å². The van der Waals surface area contributed by atoms with Crippen LogP contribution >= 0.6 is 0 Å². The van der Waals surface area contributed by atoms with Crippen LogP contribution in [0.5, 0.6) is 0 Å². The van der Waals surface area contributed by atoms with Gasteiger partial charge in [-0.25, -0.2) is 9.97 Å². The summed E-state index contributed by atoms with van der Waals surface area (Å²) in [4.78, 5) is 13.8. The molecular weight excluding hydrogens is 386 g/mol. The van der Waals surface area contributed by atoms with Gasteiger partial charge in [-0.2, -0.15) is 0 Å². The molecule has 160 valence electrons. The number of furan rings is 1. The van der Waals surface area contributed by atoms with Gasteiger partial charge in [0.25, 0.3) is 0 Å². The molecule has 1 N–H and O–H groups in total. The molecule has 1 fully saturated rings. The molecule has 6 nitrogen and oxygen atoms in total. The third-order valence-corrected chi connectivity index (χ3v) is 6.19. The quantitative estimate of drug-likeness (QED) is 0.652. The van der Waals surface area contributed by atoms with E-state index in [2.05, 4.69) is 56.4 Å². The van der Waals surface area contributed by atoms with Gasteiger partial charge in [-0.05, 0) is 31.0 Å². The van der Waals surface area contributed by atoms with Crippen molar-refractivity contribution in [3.8, 4) is 0 Å². The number of hydrogen-bond acceptors (Lipinski definition) is 6. The number of likely N-dealkylation sites (N-methyl/N-ethyl adjacent to an activating group) is 1. The number of anilines is 1. The van der Waals surface area contributed by atoms with E-state index in [4.69, 9.17) is 4.42 Å². The van der Waals surface area contributed by atoms with Crippen molar-refractivity contribution in [1.29, 1.82) is 0 Å². The molecule has 6 heteroatoms. The molecule has 3 heterocycles. The van der Waals surface area contributed by atoms with Crippen LogP contribution in [0.2, 0.25) is 0 Å². The lowest BCUT2D eigenvalue weighted by atomic mass is 9.96. The summed E-state index contributed by atoms with van der Waals surface area (Å²) in [6.45, 7) is 6.42. The first-order chi connectivity index (χ1) is 15.2. The minimum absolute atomic E-state index is 0.698. The molecule has 1 aliphatic heterocycles. The maximum atomic E-state index is 6.22. The van der Waals surface area contributed by atoms with Crippen LogP contribution in [0.25, 0.3) is 16.7 Å². The summed E-state index contributed by atoms with van der Waals surface area (Å²) < 4.78 is 6.22. The molecule has 3 aromatic rings. The summed E-state index contributed by atoms with van der Waals surface area (Å²) in [6.07, 6.45) is 8.18. The molecule has 5 rings (SSSR count). The Balaban J connectivity index is 1.29. The Bertz CT molecular complexity index is 1090. The van der Waals surface area contributed by atoms with E-state index in [9.17, 15) is 0 Å². The number of piperazine rings is 1. The first-order valence-corrected chi connectivity index (χ1v) is 11.1. The van der Waals surface area contributed by atoms with Crippen molar-refractivity contribution in [2.24, 2.45) is 0 Å². The lowest BCUT2D eigenvalue weighted by molar-refractivity contribution is 0.163.